The van der Waals surface area contributed by atoms with Gasteiger partial charge in [0.05, 0.1) is 20.1 Å². The van der Waals surface area contributed by atoms with E-state index in [1.807, 2.05) is 54.6 Å². The van der Waals surface area contributed by atoms with E-state index in [0.29, 0.717) is 19.6 Å². The number of hydrogen-bond donors (Lipinski definition) is 1. The van der Waals surface area contributed by atoms with Crippen molar-refractivity contribution in [1.29, 1.82) is 0 Å². The molecule has 0 aliphatic carbocycles. The molecule has 2 aromatic rings. The van der Waals surface area contributed by atoms with Gasteiger partial charge in [-0.1, -0.05) is 42.5 Å². The maximum Gasteiger partial charge on any atom is 0.308 e. The summed E-state index contributed by atoms with van der Waals surface area (Å²) in [5, 5.41) is 9.68. The summed E-state index contributed by atoms with van der Waals surface area (Å²) in [4.78, 5) is 14.0. The molecular formula is C22H25NO4. The molecule has 0 bridgehead atoms. The van der Waals surface area contributed by atoms with Gasteiger partial charge in [-0.05, 0) is 29.3 Å². The van der Waals surface area contributed by atoms with E-state index in [1.54, 1.807) is 14.2 Å². The number of likely N-dealkylation sites (tertiary alicyclic amines) is 1. The maximum absolute atomic E-state index is 11.8. The molecule has 5 heteroatoms. The van der Waals surface area contributed by atoms with Crippen LogP contribution >= 0.6 is 0 Å². The zero-order valence-electron chi connectivity index (χ0n) is 15.7. The summed E-state index contributed by atoms with van der Waals surface area (Å²) < 4.78 is 10.6. The summed E-state index contributed by atoms with van der Waals surface area (Å²) in [5.74, 6) is 0.316. The number of hydrogen-bond acceptors (Lipinski definition) is 4. The summed E-state index contributed by atoms with van der Waals surface area (Å²) >= 11 is 0. The number of carboxylic acids is 1. The van der Waals surface area contributed by atoms with Crippen LogP contribution in [0.2, 0.25) is 0 Å². The lowest BCUT2D eigenvalue weighted by atomic mass is 9.88. The molecule has 142 valence electrons. The van der Waals surface area contributed by atoms with Gasteiger partial charge in [0.2, 0.25) is 0 Å². The Balaban J connectivity index is 1.69. The second-order valence-corrected chi connectivity index (χ2v) is 6.69. The lowest BCUT2D eigenvalue weighted by Crippen LogP contribution is -2.23. The average molecular weight is 367 g/mol. The van der Waals surface area contributed by atoms with Crippen LogP contribution in [0.15, 0.2) is 54.6 Å². The third-order valence-corrected chi connectivity index (χ3v) is 5.04. The third-order valence-electron chi connectivity index (χ3n) is 5.04. The summed E-state index contributed by atoms with van der Waals surface area (Å²) in [6, 6.07) is 15.5. The Hall–Kier alpha value is -2.79. The highest BCUT2D eigenvalue weighted by Crippen LogP contribution is 2.37. The number of ether oxygens (including phenoxy) is 2. The molecule has 27 heavy (non-hydrogen) atoms. The predicted molar refractivity (Wildman–Crippen MR) is 105 cm³/mol. The Morgan fingerprint density at radius 2 is 1.85 bits per heavy atom. The highest BCUT2D eigenvalue weighted by atomic mass is 16.5. The summed E-state index contributed by atoms with van der Waals surface area (Å²) in [6.45, 7) is 1.94. The van der Waals surface area contributed by atoms with Crippen LogP contribution in [0, 0.1) is 5.92 Å². The SMILES string of the molecule is COc1ccc(/C=C/CN2C[C@@H](C(=O)O)[C@H](c3ccccc3OC)C2)cc1. The van der Waals surface area contributed by atoms with Crippen LogP contribution in [0.1, 0.15) is 17.0 Å². The van der Waals surface area contributed by atoms with Crippen molar-refractivity contribution in [2.75, 3.05) is 33.9 Å². The summed E-state index contributed by atoms with van der Waals surface area (Å²) in [7, 11) is 3.27. The molecule has 1 aliphatic heterocycles. The first-order valence-corrected chi connectivity index (χ1v) is 9.01. The van der Waals surface area contributed by atoms with Crippen LogP contribution in [-0.2, 0) is 4.79 Å². The maximum atomic E-state index is 11.8. The van der Waals surface area contributed by atoms with Gasteiger partial charge in [0, 0.05) is 25.6 Å². The van der Waals surface area contributed by atoms with Crippen LogP contribution in [-0.4, -0.2) is 49.8 Å². The quantitative estimate of drug-likeness (QED) is 0.811. The Morgan fingerprint density at radius 3 is 2.52 bits per heavy atom. The highest BCUT2D eigenvalue weighted by molar-refractivity contribution is 5.72. The van der Waals surface area contributed by atoms with Crippen LogP contribution in [0.4, 0.5) is 0 Å². The molecule has 1 aliphatic rings. The largest absolute Gasteiger partial charge is 0.497 e. The molecule has 0 spiro atoms. The summed E-state index contributed by atoms with van der Waals surface area (Å²) in [6.07, 6.45) is 4.12. The number of carbonyl (C=O) groups is 1. The molecule has 0 radical (unpaired) electrons. The monoisotopic (exact) mass is 367 g/mol. The molecule has 0 saturated carbocycles. The van der Waals surface area contributed by atoms with E-state index in [2.05, 4.69) is 11.0 Å². The third kappa shape index (κ3) is 4.49. The van der Waals surface area contributed by atoms with E-state index in [-0.39, 0.29) is 5.92 Å². The van der Waals surface area contributed by atoms with E-state index in [4.69, 9.17) is 9.47 Å². The number of para-hydroxylation sites is 1. The molecule has 0 aromatic heterocycles. The molecule has 2 aromatic carbocycles. The van der Waals surface area contributed by atoms with Crippen molar-refractivity contribution >= 4 is 12.0 Å². The molecule has 5 nitrogen and oxygen atoms in total. The molecule has 1 heterocycles. The van der Waals surface area contributed by atoms with Gasteiger partial charge in [-0.15, -0.1) is 0 Å². The van der Waals surface area contributed by atoms with Crippen LogP contribution in [0.5, 0.6) is 11.5 Å². The van der Waals surface area contributed by atoms with E-state index in [9.17, 15) is 9.90 Å². The first kappa shape index (κ1) is 19.0. The Morgan fingerprint density at radius 1 is 1.11 bits per heavy atom. The van der Waals surface area contributed by atoms with Gasteiger partial charge < -0.3 is 14.6 Å². The average Bonchev–Trinajstić information content (AvgIpc) is 3.13. The minimum absolute atomic E-state index is 0.0759. The minimum Gasteiger partial charge on any atom is -0.497 e. The molecule has 1 N–H and O–H groups in total. The van der Waals surface area contributed by atoms with E-state index in [1.165, 1.54) is 0 Å². The van der Waals surface area contributed by atoms with Gasteiger partial charge in [-0.2, -0.15) is 0 Å². The van der Waals surface area contributed by atoms with Crippen LogP contribution < -0.4 is 9.47 Å². The van der Waals surface area contributed by atoms with Crippen LogP contribution in [0.3, 0.4) is 0 Å². The molecule has 1 fully saturated rings. The van der Waals surface area contributed by atoms with Crippen molar-refractivity contribution in [2.45, 2.75) is 5.92 Å². The van der Waals surface area contributed by atoms with Crippen molar-refractivity contribution < 1.29 is 19.4 Å². The first-order chi connectivity index (χ1) is 13.1. The number of rotatable bonds is 7. The van der Waals surface area contributed by atoms with E-state index >= 15 is 0 Å². The van der Waals surface area contributed by atoms with Crippen molar-refractivity contribution in [2.24, 2.45) is 5.92 Å². The number of nitrogens with zero attached hydrogens (tertiary/aromatic N) is 1. The zero-order chi connectivity index (χ0) is 19.2. The van der Waals surface area contributed by atoms with Crippen molar-refractivity contribution in [3.05, 3.63) is 65.7 Å². The zero-order valence-corrected chi connectivity index (χ0v) is 15.7. The lowest BCUT2D eigenvalue weighted by molar-refractivity contribution is -0.141. The van der Waals surface area contributed by atoms with E-state index < -0.39 is 11.9 Å². The Labute approximate surface area is 159 Å². The lowest BCUT2D eigenvalue weighted by Gasteiger charge is -2.18. The minimum atomic E-state index is -0.757. The number of benzene rings is 2. The molecule has 2 atom stereocenters. The van der Waals surface area contributed by atoms with Gasteiger partial charge in [0.25, 0.3) is 0 Å². The Bertz CT molecular complexity index is 800. The molecular weight excluding hydrogens is 342 g/mol. The van der Waals surface area contributed by atoms with E-state index in [0.717, 1.165) is 22.6 Å². The number of methoxy groups -OCH3 is 2. The Kier molecular flexibility index (Phi) is 6.14. The fourth-order valence-corrected chi connectivity index (χ4v) is 3.63. The number of carboxylic acid groups (broad SMARTS) is 1. The van der Waals surface area contributed by atoms with Gasteiger partial charge in [-0.25, -0.2) is 0 Å². The normalized spacial score (nSPS) is 20.1. The fourth-order valence-electron chi connectivity index (χ4n) is 3.63. The van der Waals surface area contributed by atoms with Crippen molar-refractivity contribution in [3.8, 4) is 11.5 Å². The van der Waals surface area contributed by atoms with Gasteiger partial charge in [0.15, 0.2) is 0 Å². The van der Waals surface area contributed by atoms with Gasteiger partial charge >= 0.3 is 5.97 Å². The topological polar surface area (TPSA) is 59.0 Å². The molecule has 3 rings (SSSR count). The molecule has 0 unspecified atom stereocenters. The molecule has 1 saturated heterocycles. The highest BCUT2D eigenvalue weighted by Gasteiger charge is 2.39. The van der Waals surface area contributed by atoms with Crippen molar-refractivity contribution in [3.63, 3.8) is 0 Å². The predicted octanol–water partition coefficient (Wildman–Crippen LogP) is 3.52. The van der Waals surface area contributed by atoms with Crippen molar-refractivity contribution in [1.82, 2.24) is 4.90 Å². The molecule has 0 amide bonds. The smallest absolute Gasteiger partial charge is 0.308 e. The number of aliphatic carboxylic acids is 1. The standard InChI is InChI=1S/C22H25NO4/c1-26-17-11-9-16(10-12-17)6-5-13-23-14-19(20(15-23)22(24)25)18-7-3-4-8-21(18)27-2/h3-12,19-20H,13-15H2,1-2H3,(H,24,25)/b6-5+/t19-,20+/m0/s1. The fraction of sp³-hybridized carbons (Fsp3) is 0.318. The first-order valence-electron chi connectivity index (χ1n) is 9.01. The van der Waals surface area contributed by atoms with Gasteiger partial charge in [-0.3, -0.25) is 9.69 Å². The van der Waals surface area contributed by atoms with Crippen LogP contribution in [0.25, 0.3) is 6.08 Å². The second-order valence-electron chi connectivity index (χ2n) is 6.69. The summed E-state index contributed by atoms with van der Waals surface area (Å²) in [5.41, 5.74) is 2.06. The van der Waals surface area contributed by atoms with Gasteiger partial charge in [0.1, 0.15) is 11.5 Å². The second kappa shape index (κ2) is 8.73.